The molecule has 0 fully saturated rings. The van der Waals surface area contributed by atoms with E-state index in [-0.39, 0.29) is 11.4 Å². The minimum atomic E-state index is -0.318. The van der Waals surface area contributed by atoms with Gasteiger partial charge in [-0.05, 0) is 17.0 Å². The zero-order chi connectivity index (χ0) is 17.7. The second-order valence-corrected chi connectivity index (χ2v) is 6.48. The molecule has 2 aromatic rings. The van der Waals surface area contributed by atoms with Gasteiger partial charge >= 0.3 is 6.03 Å². The van der Waals surface area contributed by atoms with Crippen LogP contribution >= 0.6 is 0 Å². The van der Waals surface area contributed by atoms with Crippen LogP contribution in [-0.4, -0.2) is 20.3 Å². The van der Waals surface area contributed by atoms with Gasteiger partial charge in [-0.1, -0.05) is 39.0 Å². The van der Waals surface area contributed by atoms with Gasteiger partial charge in [0.2, 0.25) is 0 Å². The average Bonchev–Trinajstić information content (AvgIpc) is 2.53. The number of rotatable bonds is 4. The van der Waals surface area contributed by atoms with E-state index in [0.29, 0.717) is 17.2 Å². The van der Waals surface area contributed by atoms with Crippen LogP contribution in [0, 0.1) is 0 Å². The summed E-state index contributed by atoms with van der Waals surface area (Å²) in [7, 11) is 3.14. The minimum Gasteiger partial charge on any atom is -0.497 e. The molecule has 0 spiro atoms. The SMILES string of the molecule is COc1cc(NC(=O)Nc2ccccc2C(C)(C)C)cc(OC)c1. The van der Waals surface area contributed by atoms with Crippen LogP contribution < -0.4 is 20.1 Å². The Morgan fingerprint density at radius 3 is 2.04 bits per heavy atom. The van der Waals surface area contributed by atoms with Gasteiger partial charge in [0.05, 0.1) is 14.2 Å². The third kappa shape index (κ3) is 4.41. The van der Waals surface area contributed by atoms with Crippen molar-refractivity contribution in [3.05, 3.63) is 48.0 Å². The highest BCUT2D eigenvalue weighted by Gasteiger charge is 2.18. The van der Waals surface area contributed by atoms with E-state index in [2.05, 4.69) is 31.4 Å². The van der Waals surface area contributed by atoms with Crippen LogP contribution in [0.4, 0.5) is 16.2 Å². The van der Waals surface area contributed by atoms with Crippen LogP contribution in [0.3, 0.4) is 0 Å². The van der Waals surface area contributed by atoms with Gasteiger partial charge in [-0.15, -0.1) is 0 Å². The quantitative estimate of drug-likeness (QED) is 0.859. The van der Waals surface area contributed by atoms with E-state index in [1.54, 1.807) is 32.4 Å². The number of hydrogen-bond acceptors (Lipinski definition) is 3. The molecule has 0 aliphatic rings. The van der Waals surface area contributed by atoms with Crippen LogP contribution in [0.1, 0.15) is 26.3 Å². The molecule has 0 aromatic heterocycles. The molecule has 0 heterocycles. The smallest absolute Gasteiger partial charge is 0.323 e. The maximum Gasteiger partial charge on any atom is 0.323 e. The van der Waals surface area contributed by atoms with Crippen molar-refractivity contribution in [3.8, 4) is 11.5 Å². The van der Waals surface area contributed by atoms with Crippen molar-refractivity contribution in [2.45, 2.75) is 26.2 Å². The fourth-order valence-electron chi connectivity index (χ4n) is 2.41. The van der Waals surface area contributed by atoms with Crippen molar-refractivity contribution in [1.82, 2.24) is 0 Å². The summed E-state index contributed by atoms with van der Waals surface area (Å²) in [6.07, 6.45) is 0. The van der Waals surface area contributed by atoms with Gasteiger partial charge in [0.25, 0.3) is 0 Å². The zero-order valence-corrected chi connectivity index (χ0v) is 14.8. The molecule has 128 valence electrons. The number of hydrogen-bond donors (Lipinski definition) is 2. The number of nitrogens with one attached hydrogen (secondary N) is 2. The van der Waals surface area contributed by atoms with Crippen molar-refractivity contribution in [2.75, 3.05) is 24.9 Å². The molecule has 0 unspecified atom stereocenters. The number of urea groups is 1. The van der Waals surface area contributed by atoms with E-state index in [1.165, 1.54) is 0 Å². The standard InChI is InChI=1S/C19H24N2O3/c1-19(2,3)16-8-6-7-9-17(16)21-18(22)20-13-10-14(23-4)12-15(11-13)24-5/h6-12H,1-5H3,(H2,20,21,22). The molecule has 24 heavy (non-hydrogen) atoms. The third-order valence-corrected chi connectivity index (χ3v) is 3.59. The van der Waals surface area contributed by atoms with E-state index in [1.807, 2.05) is 24.3 Å². The number of methoxy groups -OCH3 is 2. The largest absolute Gasteiger partial charge is 0.497 e. The lowest BCUT2D eigenvalue weighted by Gasteiger charge is -2.23. The van der Waals surface area contributed by atoms with Gasteiger partial charge in [0.1, 0.15) is 11.5 Å². The summed E-state index contributed by atoms with van der Waals surface area (Å²) in [6.45, 7) is 6.33. The molecule has 0 saturated carbocycles. The normalized spacial score (nSPS) is 10.9. The number of carbonyl (C=O) groups is 1. The molecule has 5 nitrogen and oxygen atoms in total. The molecule has 0 saturated heterocycles. The van der Waals surface area contributed by atoms with E-state index in [9.17, 15) is 4.79 Å². The number of anilines is 2. The van der Waals surface area contributed by atoms with Crippen LogP contribution in [0.25, 0.3) is 0 Å². The van der Waals surface area contributed by atoms with Gasteiger partial charge in [-0.2, -0.15) is 0 Å². The predicted octanol–water partition coefficient (Wildman–Crippen LogP) is 4.65. The molecule has 2 N–H and O–H groups in total. The lowest BCUT2D eigenvalue weighted by Crippen LogP contribution is -2.22. The number of para-hydroxylation sites is 1. The molecule has 2 rings (SSSR count). The van der Waals surface area contributed by atoms with Crippen molar-refractivity contribution < 1.29 is 14.3 Å². The highest BCUT2D eigenvalue weighted by atomic mass is 16.5. The molecular formula is C19H24N2O3. The first kappa shape index (κ1) is 17.7. The fraction of sp³-hybridized carbons (Fsp3) is 0.316. The first-order valence-electron chi connectivity index (χ1n) is 7.74. The molecule has 2 aromatic carbocycles. The Balaban J connectivity index is 2.18. The summed E-state index contributed by atoms with van der Waals surface area (Å²) in [5.74, 6) is 1.22. The Morgan fingerprint density at radius 1 is 0.917 bits per heavy atom. The summed E-state index contributed by atoms with van der Waals surface area (Å²) in [4.78, 5) is 12.4. The number of benzene rings is 2. The van der Waals surface area contributed by atoms with Crippen LogP contribution in [0.15, 0.2) is 42.5 Å². The molecule has 2 amide bonds. The Hall–Kier alpha value is -2.69. The lowest BCUT2D eigenvalue weighted by atomic mass is 9.86. The number of amides is 2. The summed E-state index contributed by atoms with van der Waals surface area (Å²) in [6, 6.07) is 12.7. The summed E-state index contributed by atoms with van der Waals surface area (Å²) in [5.41, 5.74) is 2.39. The van der Waals surface area contributed by atoms with Gasteiger partial charge in [0.15, 0.2) is 0 Å². The van der Waals surface area contributed by atoms with Crippen LogP contribution in [0.2, 0.25) is 0 Å². The van der Waals surface area contributed by atoms with Crippen molar-refractivity contribution in [2.24, 2.45) is 0 Å². The second-order valence-electron chi connectivity index (χ2n) is 6.48. The van der Waals surface area contributed by atoms with E-state index in [0.717, 1.165) is 11.3 Å². The topological polar surface area (TPSA) is 59.6 Å². The number of carbonyl (C=O) groups excluding carboxylic acids is 1. The van der Waals surface area contributed by atoms with Crippen LogP contribution in [-0.2, 0) is 5.41 Å². The summed E-state index contributed by atoms with van der Waals surface area (Å²) < 4.78 is 10.4. The first-order chi connectivity index (χ1) is 11.3. The average molecular weight is 328 g/mol. The molecule has 0 radical (unpaired) electrons. The Kier molecular flexibility index (Phi) is 5.34. The highest BCUT2D eigenvalue weighted by molar-refractivity contribution is 6.00. The van der Waals surface area contributed by atoms with Crippen LogP contribution in [0.5, 0.6) is 11.5 Å². The monoisotopic (exact) mass is 328 g/mol. The van der Waals surface area contributed by atoms with Gasteiger partial charge < -0.3 is 20.1 Å². The van der Waals surface area contributed by atoms with Gasteiger partial charge in [-0.25, -0.2) is 4.79 Å². The minimum absolute atomic E-state index is 0.0664. The molecule has 0 aliphatic heterocycles. The Morgan fingerprint density at radius 2 is 1.50 bits per heavy atom. The van der Waals surface area contributed by atoms with Gasteiger partial charge in [-0.3, -0.25) is 0 Å². The fourth-order valence-corrected chi connectivity index (χ4v) is 2.41. The molecule has 0 atom stereocenters. The zero-order valence-electron chi connectivity index (χ0n) is 14.8. The molecule has 5 heteroatoms. The molecule has 0 bridgehead atoms. The van der Waals surface area contributed by atoms with E-state index < -0.39 is 0 Å². The molecular weight excluding hydrogens is 304 g/mol. The lowest BCUT2D eigenvalue weighted by molar-refractivity contribution is 0.262. The summed E-state index contributed by atoms with van der Waals surface area (Å²) in [5, 5.41) is 5.72. The summed E-state index contributed by atoms with van der Waals surface area (Å²) >= 11 is 0. The first-order valence-corrected chi connectivity index (χ1v) is 7.74. The third-order valence-electron chi connectivity index (χ3n) is 3.59. The maximum atomic E-state index is 12.4. The predicted molar refractivity (Wildman–Crippen MR) is 97.3 cm³/mol. The van der Waals surface area contributed by atoms with E-state index >= 15 is 0 Å². The van der Waals surface area contributed by atoms with E-state index in [4.69, 9.17) is 9.47 Å². The van der Waals surface area contributed by atoms with Crippen molar-refractivity contribution in [1.29, 1.82) is 0 Å². The van der Waals surface area contributed by atoms with Crippen molar-refractivity contribution in [3.63, 3.8) is 0 Å². The molecule has 0 aliphatic carbocycles. The second kappa shape index (κ2) is 7.25. The number of ether oxygens (including phenoxy) is 2. The Labute approximate surface area is 143 Å². The van der Waals surface area contributed by atoms with Crippen molar-refractivity contribution >= 4 is 17.4 Å². The Bertz CT molecular complexity index is 699. The van der Waals surface area contributed by atoms with Gasteiger partial charge in [0, 0.05) is 29.6 Å². The maximum absolute atomic E-state index is 12.4. The highest BCUT2D eigenvalue weighted by Crippen LogP contribution is 2.30.